The smallest absolute Gasteiger partial charge is 0.338 e. The van der Waals surface area contributed by atoms with Crippen LogP contribution in [0.2, 0.25) is 5.02 Å². The molecule has 0 radical (unpaired) electrons. The molecule has 0 aliphatic heterocycles. The first kappa shape index (κ1) is 14.3. The first-order valence-electron chi connectivity index (χ1n) is 6.40. The molecule has 2 aromatic heterocycles. The van der Waals surface area contributed by atoms with Gasteiger partial charge in [-0.2, -0.15) is 0 Å². The van der Waals surface area contributed by atoms with E-state index in [0.29, 0.717) is 33.9 Å². The number of aromatic nitrogens is 4. The number of H-pyrrole nitrogens is 1. The molecule has 8 heteroatoms. The van der Waals surface area contributed by atoms with Crippen LogP contribution in [0.5, 0.6) is 0 Å². The van der Waals surface area contributed by atoms with Gasteiger partial charge in [0.05, 0.1) is 31.9 Å². The molecule has 3 rings (SSSR count). The molecule has 0 bridgehead atoms. The van der Waals surface area contributed by atoms with Crippen molar-refractivity contribution >= 4 is 28.7 Å². The summed E-state index contributed by atoms with van der Waals surface area (Å²) in [6.07, 6.45) is 2.99. The number of imidazole rings is 1. The predicted molar refractivity (Wildman–Crippen MR) is 79.6 cm³/mol. The highest BCUT2D eigenvalue weighted by atomic mass is 35.5. The fraction of sp³-hybridized carbons (Fsp3) is 0.143. The van der Waals surface area contributed by atoms with E-state index >= 15 is 0 Å². The fourth-order valence-corrected chi connectivity index (χ4v) is 2.47. The van der Waals surface area contributed by atoms with Crippen molar-refractivity contribution in [1.82, 2.24) is 19.5 Å². The van der Waals surface area contributed by atoms with Crippen molar-refractivity contribution in [3.05, 3.63) is 52.5 Å². The zero-order valence-electron chi connectivity index (χ0n) is 11.6. The summed E-state index contributed by atoms with van der Waals surface area (Å²) in [6.45, 7) is 0.290. The van der Waals surface area contributed by atoms with E-state index in [-0.39, 0.29) is 5.49 Å². The zero-order chi connectivity index (χ0) is 15.7. The Labute approximate surface area is 130 Å². The van der Waals surface area contributed by atoms with E-state index in [0.717, 1.165) is 0 Å². The molecule has 22 heavy (non-hydrogen) atoms. The SMILES string of the molecule is COC(=O)c1cccc(Cl)c1Cn1cnc(=N)c2[nH]cnc21. The summed E-state index contributed by atoms with van der Waals surface area (Å²) >= 11 is 6.23. The van der Waals surface area contributed by atoms with Crippen molar-refractivity contribution in [1.29, 1.82) is 5.41 Å². The normalized spacial score (nSPS) is 10.8. The predicted octanol–water partition coefficient (Wildman–Crippen LogP) is 1.73. The topological polar surface area (TPSA) is 96.6 Å². The molecule has 0 atom stereocenters. The van der Waals surface area contributed by atoms with Crippen LogP contribution in [0.1, 0.15) is 15.9 Å². The van der Waals surface area contributed by atoms with Gasteiger partial charge in [0.2, 0.25) is 0 Å². The van der Waals surface area contributed by atoms with E-state index in [1.54, 1.807) is 22.8 Å². The van der Waals surface area contributed by atoms with Crippen molar-refractivity contribution in [2.45, 2.75) is 6.54 Å². The molecule has 0 unspecified atom stereocenters. The lowest BCUT2D eigenvalue weighted by Crippen LogP contribution is -2.15. The molecule has 2 N–H and O–H groups in total. The number of halogens is 1. The van der Waals surface area contributed by atoms with E-state index in [2.05, 4.69) is 15.0 Å². The highest BCUT2D eigenvalue weighted by Crippen LogP contribution is 2.22. The maximum atomic E-state index is 11.9. The number of methoxy groups -OCH3 is 1. The lowest BCUT2D eigenvalue weighted by atomic mass is 10.1. The van der Waals surface area contributed by atoms with Crippen LogP contribution in [-0.2, 0) is 11.3 Å². The quantitative estimate of drug-likeness (QED) is 0.719. The van der Waals surface area contributed by atoms with Gasteiger partial charge in [-0.15, -0.1) is 0 Å². The summed E-state index contributed by atoms with van der Waals surface area (Å²) in [6, 6.07) is 5.05. The summed E-state index contributed by atoms with van der Waals surface area (Å²) in [4.78, 5) is 22.9. The van der Waals surface area contributed by atoms with Gasteiger partial charge >= 0.3 is 5.97 Å². The number of nitrogens with one attached hydrogen (secondary N) is 2. The van der Waals surface area contributed by atoms with Crippen LogP contribution in [0.25, 0.3) is 11.2 Å². The minimum absolute atomic E-state index is 0.108. The second-order valence-corrected chi connectivity index (χ2v) is 4.99. The molecule has 0 aliphatic rings. The van der Waals surface area contributed by atoms with E-state index in [1.165, 1.54) is 19.8 Å². The van der Waals surface area contributed by atoms with Gasteiger partial charge in [0.15, 0.2) is 11.1 Å². The minimum atomic E-state index is -0.457. The summed E-state index contributed by atoms with van der Waals surface area (Å²) in [5.74, 6) is -0.457. The number of carbonyl (C=O) groups is 1. The summed E-state index contributed by atoms with van der Waals surface area (Å²) in [5, 5.41) is 8.20. The molecular weight excluding hydrogens is 306 g/mol. The van der Waals surface area contributed by atoms with Crippen LogP contribution < -0.4 is 5.49 Å². The second kappa shape index (κ2) is 5.61. The Morgan fingerprint density at radius 2 is 2.27 bits per heavy atom. The number of hydrogen-bond acceptors (Lipinski definition) is 5. The highest BCUT2D eigenvalue weighted by Gasteiger charge is 2.16. The summed E-state index contributed by atoms with van der Waals surface area (Å²) in [7, 11) is 1.32. The lowest BCUT2D eigenvalue weighted by Gasteiger charge is -2.12. The van der Waals surface area contributed by atoms with Crippen LogP contribution in [0, 0.1) is 5.41 Å². The van der Waals surface area contributed by atoms with Crippen LogP contribution in [0.3, 0.4) is 0 Å². The lowest BCUT2D eigenvalue weighted by molar-refractivity contribution is 0.0599. The molecule has 0 amide bonds. The Morgan fingerprint density at radius 1 is 1.45 bits per heavy atom. The van der Waals surface area contributed by atoms with E-state index in [1.807, 2.05) is 0 Å². The average Bonchev–Trinajstić information content (AvgIpc) is 3.01. The Bertz CT molecular complexity index is 915. The number of hydrogen-bond donors (Lipinski definition) is 2. The number of rotatable bonds is 3. The van der Waals surface area contributed by atoms with Gasteiger partial charge < -0.3 is 14.3 Å². The van der Waals surface area contributed by atoms with Crippen LogP contribution in [-0.4, -0.2) is 32.6 Å². The molecule has 0 saturated heterocycles. The number of benzene rings is 1. The molecule has 3 aromatic rings. The third-order valence-corrected chi connectivity index (χ3v) is 3.66. The number of esters is 1. The molecule has 1 aromatic carbocycles. The monoisotopic (exact) mass is 317 g/mol. The Kier molecular flexibility index (Phi) is 3.64. The van der Waals surface area contributed by atoms with Crippen molar-refractivity contribution in [3.8, 4) is 0 Å². The molecule has 0 aliphatic carbocycles. The van der Waals surface area contributed by atoms with Gasteiger partial charge in [-0.1, -0.05) is 17.7 Å². The summed E-state index contributed by atoms with van der Waals surface area (Å²) in [5.41, 5.74) is 2.20. The van der Waals surface area contributed by atoms with E-state index < -0.39 is 5.97 Å². The van der Waals surface area contributed by atoms with Crippen molar-refractivity contribution in [2.24, 2.45) is 0 Å². The zero-order valence-corrected chi connectivity index (χ0v) is 12.4. The second-order valence-electron chi connectivity index (χ2n) is 4.58. The fourth-order valence-electron chi connectivity index (χ4n) is 2.23. The number of nitrogens with zero attached hydrogens (tertiary/aromatic N) is 3. The first-order valence-corrected chi connectivity index (χ1v) is 6.78. The molecule has 0 saturated carbocycles. The first-order chi connectivity index (χ1) is 10.6. The van der Waals surface area contributed by atoms with Crippen molar-refractivity contribution < 1.29 is 9.53 Å². The van der Waals surface area contributed by atoms with Gasteiger partial charge in [-0.25, -0.2) is 14.8 Å². The molecule has 112 valence electrons. The van der Waals surface area contributed by atoms with E-state index in [4.69, 9.17) is 21.7 Å². The number of fused-ring (bicyclic) bond motifs is 1. The van der Waals surface area contributed by atoms with Crippen molar-refractivity contribution in [3.63, 3.8) is 0 Å². The maximum Gasteiger partial charge on any atom is 0.338 e. The van der Waals surface area contributed by atoms with Crippen LogP contribution in [0.15, 0.2) is 30.9 Å². The van der Waals surface area contributed by atoms with Gasteiger partial charge in [0, 0.05) is 10.6 Å². The largest absolute Gasteiger partial charge is 0.465 e. The number of ether oxygens (including phenoxy) is 1. The van der Waals surface area contributed by atoms with Crippen LogP contribution in [0.4, 0.5) is 0 Å². The Balaban J connectivity index is 2.13. The Hall–Kier alpha value is -2.67. The number of carbonyl (C=O) groups excluding carboxylic acids is 1. The van der Waals surface area contributed by atoms with E-state index in [9.17, 15) is 4.79 Å². The maximum absolute atomic E-state index is 11.9. The molecule has 0 fully saturated rings. The van der Waals surface area contributed by atoms with Gasteiger partial charge in [-0.3, -0.25) is 5.41 Å². The minimum Gasteiger partial charge on any atom is -0.465 e. The van der Waals surface area contributed by atoms with Gasteiger partial charge in [-0.05, 0) is 12.1 Å². The molecule has 7 nitrogen and oxygen atoms in total. The van der Waals surface area contributed by atoms with Crippen LogP contribution >= 0.6 is 11.6 Å². The third-order valence-electron chi connectivity index (χ3n) is 3.31. The molecular formula is C14H12ClN5O2. The molecule has 0 spiro atoms. The highest BCUT2D eigenvalue weighted by molar-refractivity contribution is 6.31. The summed E-state index contributed by atoms with van der Waals surface area (Å²) < 4.78 is 6.51. The average molecular weight is 318 g/mol. The van der Waals surface area contributed by atoms with Gasteiger partial charge in [0.25, 0.3) is 0 Å². The standard InChI is InChI=1S/C14H12ClN5O2/c1-22-14(21)8-3-2-4-10(15)9(8)5-20-7-19-12(16)11-13(20)18-6-17-11/h2-4,6-7,16H,5H2,1H3,(H,17,18). The third kappa shape index (κ3) is 2.35. The Morgan fingerprint density at radius 3 is 3.05 bits per heavy atom. The number of aromatic amines is 1. The van der Waals surface area contributed by atoms with Crippen molar-refractivity contribution in [2.75, 3.05) is 7.11 Å². The van der Waals surface area contributed by atoms with Gasteiger partial charge in [0.1, 0.15) is 5.52 Å². The molecule has 2 heterocycles.